The third kappa shape index (κ3) is 2.67. The minimum Gasteiger partial charge on any atom is -0.480 e. The number of aliphatic carboxylic acids is 1. The molecule has 0 aliphatic carbocycles. The van der Waals surface area contributed by atoms with Crippen LogP contribution in [-0.4, -0.2) is 42.0 Å². The Morgan fingerprint density at radius 3 is 2.22 bits per heavy atom. The van der Waals surface area contributed by atoms with E-state index in [4.69, 9.17) is 16.7 Å². The zero-order chi connectivity index (χ0) is 7.44. The van der Waals surface area contributed by atoms with Gasteiger partial charge < -0.3 is 5.11 Å². The first-order chi connectivity index (χ1) is 4.09. The maximum Gasteiger partial charge on any atom is 0.322 e. The highest BCUT2D eigenvalue weighted by Gasteiger charge is 2.17. The maximum atomic E-state index is 10.2. The molecule has 3 nitrogen and oxygen atoms in total. The maximum absolute atomic E-state index is 10.2. The van der Waals surface area contributed by atoms with Crippen molar-refractivity contribution in [2.24, 2.45) is 0 Å². The van der Waals surface area contributed by atoms with Crippen LogP contribution in [0.25, 0.3) is 0 Å². The van der Waals surface area contributed by atoms with E-state index in [2.05, 4.69) is 0 Å². The molecule has 0 bridgehead atoms. The lowest BCUT2D eigenvalue weighted by Gasteiger charge is -2.16. The van der Waals surface area contributed by atoms with Gasteiger partial charge in [-0.2, -0.15) is 0 Å². The molecule has 54 valence electrons. The standard InChI is InChI=1S/C5H10ClNO2/c1-7(2)4(3-6)5(8)9/h4H,3H2,1-2H3,(H,8,9). The van der Waals surface area contributed by atoms with Crippen LogP contribution in [-0.2, 0) is 4.79 Å². The van der Waals surface area contributed by atoms with E-state index in [1.807, 2.05) is 0 Å². The van der Waals surface area contributed by atoms with Gasteiger partial charge in [-0.1, -0.05) is 0 Å². The first-order valence-electron chi connectivity index (χ1n) is 2.54. The SMILES string of the molecule is CN(C)C(CCl)C(=O)O. The Hall–Kier alpha value is -0.280. The summed E-state index contributed by atoms with van der Waals surface area (Å²) in [6.07, 6.45) is 0. The van der Waals surface area contributed by atoms with Gasteiger partial charge in [0, 0.05) is 5.88 Å². The molecule has 0 radical (unpaired) electrons. The summed E-state index contributed by atoms with van der Waals surface area (Å²) >= 11 is 5.34. The van der Waals surface area contributed by atoms with Gasteiger partial charge >= 0.3 is 5.97 Å². The first-order valence-corrected chi connectivity index (χ1v) is 3.08. The van der Waals surface area contributed by atoms with Crippen LogP contribution in [0.15, 0.2) is 0 Å². The van der Waals surface area contributed by atoms with Gasteiger partial charge in [-0.25, -0.2) is 0 Å². The summed E-state index contributed by atoms with van der Waals surface area (Å²) in [5.74, 6) is -0.752. The Bertz CT molecular complexity index is 105. The summed E-state index contributed by atoms with van der Waals surface area (Å²) in [5.41, 5.74) is 0. The van der Waals surface area contributed by atoms with Crippen molar-refractivity contribution in [2.45, 2.75) is 6.04 Å². The van der Waals surface area contributed by atoms with E-state index in [0.29, 0.717) is 0 Å². The number of halogens is 1. The summed E-state index contributed by atoms with van der Waals surface area (Å²) in [6.45, 7) is 0. The van der Waals surface area contributed by atoms with Crippen LogP contribution in [0.4, 0.5) is 0 Å². The van der Waals surface area contributed by atoms with Gasteiger partial charge in [0.25, 0.3) is 0 Å². The molecule has 0 amide bonds. The van der Waals surface area contributed by atoms with Gasteiger partial charge in [0.2, 0.25) is 0 Å². The Morgan fingerprint density at radius 2 is 2.22 bits per heavy atom. The molecule has 9 heavy (non-hydrogen) atoms. The second-order valence-electron chi connectivity index (χ2n) is 1.97. The molecule has 4 heteroatoms. The van der Waals surface area contributed by atoms with E-state index in [1.165, 1.54) is 0 Å². The van der Waals surface area contributed by atoms with Gasteiger partial charge in [-0.05, 0) is 14.1 Å². The molecule has 0 saturated carbocycles. The minimum atomic E-state index is -0.880. The summed E-state index contributed by atoms with van der Waals surface area (Å²) < 4.78 is 0. The number of alkyl halides is 1. The van der Waals surface area contributed by atoms with Crippen LogP contribution in [0.5, 0.6) is 0 Å². The lowest BCUT2D eigenvalue weighted by molar-refractivity contribution is -0.141. The quantitative estimate of drug-likeness (QED) is 0.588. The van der Waals surface area contributed by atoms with Crippen molar-refractivity contribution in [3.8, 4) is 0 Å². The van der Waals surface area contributed by atoms with Crippen LogP contribution in [0.2, 0.25) is 0 Å². The normalized spacial score (nSPS) is 13.8. The van der Waals surface area contributed by atoms with Gasteiger partial charge in [0.15, 0.2) is 0 Å². The number of rotatable bonds is 3. The summed E-state index contributed by atoms with van der Waals surface area (Å²) in [5, 5.41) is 8.42. The molecule has 0 aromatic rings. The number of hydrogen-bond donors (Lipinski definition) is 1. The molecular formula is C5H10ClNO2. The Morgan fingerprint density at radius 1 is 1.78 bits per heavy atom. The molecule has 1 N–H and O–H groups in total. The minimum absolute atomic E-state index is 0.127. The fourth-order valence-electron chi connectivity index (χ4n) is 0.425. The molecule has 0 aromatic carbocycles. The second-order valence-corrected chi connectivity index (χ2v) is 2.28. The van der Waals surface area contributed by atoms with E-state index in [0.717, 1.165) is 0 Å². The number of hydrogen-bond acceptors (Lipinski definition) is 2. The van der Waals surface area contributed by atoms with E-state index >= 15 is 0 Å². The molecule has 1 atom stereocenters. The largest absolute Gasteiger partial charge is 0.480 e. The van der Waals surface area contributed by atoms with Crippen molar-refractivity contribution in [3.05, 3.63) is 0 Å². The fourth-order valence-corrected chi connectivity index (χ4v) is 0.833. The monoisotopic (exact) mass is 151 g/mol. The number of nitrogens with zero attached hydrogens (tertiary/aromatic N) is 1. The third-order valence-corrected chi connectivity index (χ3v) is 1.35. The lowest BCUT2D eigenvalue weighted by Crippen LogP contribution is -2.36. The van der Waals surface area contributed by atoms with Gasteiger partial charge in [-0.3, -0.25) is 9.69 Å². The summed E-state index contributed by atoms with van der Waals surface area (Å²) in [7, 11) is 3.36. The number of likely N-dealkylation sites (N-methyl/N-ethyl adjacent to an activating group) is 1. The summed E-state index contributed by atoms with van der Waals surface area (Å²) in [4.78, 5) is 11.8. The van der Waals surface area contributed by atoms with Gasteiger partial charge in [-0.15, -0.1) is 11.6 Å². The van der Waals surface area contributed by atoms with Crippen molar-refractivity contribution in [2.75, 3.05) is 20.0 Å². The molecule has 1 unspecified atom stereocenters. The van der Waals surface area contributed by atoms with E-state index < -0.39 is 12.0 Å². The van der Waals surface area contributed by atoms with Crippen LogP contribution in [0, 0.1) is 0 Å². The zero-order valence-electron chi connectivity index (χ0n) is 5.47. The molecular weight excluding hydrogens is 142 g/mol. The van der Waals surface area contributed by atoms with Crippen molar-refractivity contribution in [3.63, 3.8) is 0 Å². The highest BCUT2D eigenvalue weighted by atomic mass is 35.5. The van der Waals surface area contributed by atoms with Gasteiger partial charge in [0.05, 0.1) is 0 Å². The van der Waals surface area contributed by atoms with Crippen LogP contribution >= 0.6 is 11.6 Å². The highest BCUT2D eigenvalue weighted by molar-refractivity contribution is 6.19. The number of carbonyl (C=O) groups is 1. The van der Waals surface area contributed by atoms with Crippen molar-refractivity contribution in [1.82, 2.24) is 4.90 Å². The van der Waals surface area contributed by atoms with E-state index in [1.54, 1.807) is 19.0 Å². The average molecular weight is 152 g/mol. The van der Waals surface area contributed by atoms with E-state index in [-0.39, 0.29) is 5.88 Å². The van der Waals surface area contributed by atoms with Crippen molar-refractivity contribution < 1.29 is 9.90 Å². The van der Waals surface area contributed by atoms with Crippen LogP contribution < -0.4 is 0 Å². The molecule has 0 saturated heterocycles. The molecule has 0 heterocycles. The average Bonchev–Trinajstić information content (AvgIpc) is 1.64. The molecule has 0 rings (SSSR count). The number of carboxylic acid groups (broad SMARTS) is 1. The predicted octanol–water partition coefficient (Wildman–Crippen LogP) is 0.240. The molecule has 0 aliphatic heterocycles. The van der Waals surface area contributed by atoms with Crippen molar-refractivity contribution >= 4 is 17.6 Å². The molecule has 0 aliphatic rings. The topological polar surface area (TPSA) is 40.5 Å². The fraction of sp³-hybridized carbons (Fsp3) is 0.800. The second kappa shape index (κ2) is 3.69. The van der Waals surface area contributed by atoms with E-state index in [9.17, 15) is 4.79 Å². The Labute approximate surface area is 59.2 Å². The third-order valence-electron chi connectivity index (χ3n) is 1.05. The van der Waals surface area contributed by atoms with Crippen LogP contribution in [0.1, 0.15) is 0 Å². The first kappa shape index (κ1) is 8.72. The van der Waals surface area contributed by atoms with Gasteiger partial charge in [0.1, 0.15) is 6.04 Å². The molecule has 0 spiro atoms. The number of carboxylic acids is 1. The smallest absolute Gasteiger partial charge is 0.322 e. The molecule has 0 aromatic heterocycles. The summed E-state index contributed by atoms with van der Waals surface area (Å²) in [6, 6.07) is -0.563. The Balaban J connectivity index is 3.83. The Kier molecular flexibility index (Phi) is 3.58. The highest BCUT2D eigenvalue weighted by Crippen LogP contribution is 1.95. The predicted molar refractivity (Wildman–Crippen MR) is 35.8 cm³/mol. The zero-order valence-corrected chi connectivity index (χ0v) is 6.22. The van der Waals surface area contributed by atoms with Crippen molar-refractivity contribution in [1.29, 1.82) is 0 Å². The van der Waals surface area contributed by atoms with Crippen LogP contribution in [0.3, 0.4) is 0 Å². The lowest BCUT2D eigenvalue weighted by atomic mass is 10.3. The molecule has 0 fully saturated rings.